The first-order valence-electron chi connectivity index (χ1n) is 8.74. The van der Waals surface area contributed by atoms with Crippen molar-refractivity contribution < 1.29 is 14.5 Å². The first-order chi connectivity index (χ1) is 13.0. The molecule has 0 amide bonds. The molecule has 0 aliphatic carbocycles. The lowest BCUT2D eigenvalue weighted by Gasteiger charge is -2.36. The van der Waals surface area contributed by atoms with Crippen molar-refractivity contribution in [3.05, 3.63) is 52.0 Å². The van der Waals surface area contributed by atoms with E-state index in [1.165, 1.54) is 6.07 Å². The van der Waals surface area contributed by atoms with Crippen molar-refractivity contribution in [3.63, 3.8) is 0 Å². The Kier molecular flexibility index (Phi) is 5.49. The Morgan fingerprint density at radius 1 is 1.22 bits per heavy atom. The highest BCUT2D eigenvalue weighted by molar-refractivity contribution is 5.95. The average molecular weight is 371 g/mol. The molecule has 1 aromatic heterocycles. The summed E-state index contributed by atoms with van der Waals surface area (Å²) in [6, 6.07) is 6.46. The fraction of sp³-hybridized carbons (Fsp3) is 0.389. The van der Waals surface area contributed by atoms with Crippen LogP contribution in [0.5, 0.6) is 0 Å². The minimum atomic E-state index is -0.679. The number of carbonyl (C=O) groups is 1. The Morgan fingerprint density at radius 2 is 1.93 bits per heavy atom. The summed E-state index contributed by atoms with van der Waals surface area (Å²) in [5.74, 6) is 0.934. The Balaban J connectivity index is 1.76. The fourth-order valence-corrected chi connectivity index (χ4v) is 3.07. The van der Waals surface area contributed by atoms with Crippen molar-refractivity contribution in [2.75, 3.05) is 42.6 Å². The summed E-state index contributed by atoms with van der Waals surface area (Å²) < 4.78 is 4.96. The van der Waals surface area contributed by atoms with Gasteiger partial charge < -0.3 is 14.5 Å². The molecule has 0 radical (unpaired) electrons. The number of aryl methyl sites for hydroxylation is 1. The average Bonchev–Trinajstić information content (AvgIpc) is 2.68. The molecule has 0 unspecified atom stereocenters. The Morgan fingerprint density at radius 3 is 2.56 bits per heavy atom. The second kappa shape index (κ2) is 7.98. The quantitative estimate of drug-likeness (QED) is 0.448. The van der Waals surface area contributed by atoms with E-state index < -0.39 is 10.9 Å². The number of anilines is 2. The van der Waals surface area contributed by atoms with Gasteiger partial charge in [-0.15, -0.1) is 0 Å². The van der Waals surface area contributed by atoms with E-state index >= 15 is 0 Å². The monoisotopic (exact) mass is 371 g/mol. The van der Waals surface area contributed by atoms with Gasteiger partial charge in [0.2, 0.25) is 0 Å². The molecule has 1 saturated heterocycles. The van der Waals surface area contributed by atoms with Crippen LogP contribution in [0.25, 0.3) is 0 Å². The van der Waals surface area contributed by atoms with E-state index in [1.807, 2.05) is 13.0 Å². The zero-order valence-electron chi connectivity index (χ0n) is 15.3. The molecule has 1 aromatic carbocycles. The number of piperazine rings is 1. The van der Waals surface area contributed by atoms with Gasteiger partial charge in [0, 0.05) is 44.1 Å². The van der Waals surface area contributed by atoms with E-state index in [0.29, 0.717) is 13.1 Å². The molecule has 0 saturated carbocycles. The minimum absolute atomic E-state index is 0.0202. The van der Waals surface area contributed by atoms with Gasteiger partial charge in [-0.3, -0.25) is 10.1 Å². The maximum Gasteiger partial charge on any atom is 0.345 e. The third kappa shape index (κ3) is 4.13. The van der Waals surface area contributed by atoms with Gasteiger partial charge >= 0.3 is 5.97 Å². The Hall–Kier alpha value is -3.23. The van der Waals surface area contributed by atoms with E-state index in [-0.39, 0.29) is 17.9 Å². The minimum Gasteiger partial charge on any atom is -0.462 e. The lowest BCUT2D eigenvalue weighted by atomic mass is 10.1. The van der Waals surface area contributed by atoms with Crippen LogP contribution in [0.2, 0.25) is 0 Å². The molecule has 0 N–H and O–H groups in total. The first kappa shape index (κ1) is 18.6. The highest BCUT2D eigenvalue weighted by Gasteiger charge is 2.25. The summed E-state index contributed by atoms with van der Waals surface area (Å²) in [5, 5.41) is 11.2. The fourth-order valence-electron chi connectivity index (χ4n) is 3.07. The topological polar surface area (TPSA) is 102 Å². The van der Waals surface area contributed by atoms with Crippen molar-refractivity contribution in [3.8, 4) is 0 Å². The first-order valence-corrected chi connectivity index (χ1v) is 8.74. The van der Waals surface area contributed by atoms with E-state index in [9.17, 15) is 14.9 Å². The predicted molar refractivity (Wildman–Crippen MR) is 100 cm³/mol. The summed E-state index contributed by atoms with van der Waals surface area (Å²) in [6.45, 7) is 6.61. The van der Waals surface area contributed by atoms with Crippen LogP contribution in [0.4, 0.5) is 17.2 Å². The van der Waals surface area contributed by atoms with Crippen molar-refractivity contribution in [1.82, 2.24) is 9.97 Å². The zero-order chi connectivity index (χ0) is 19.4. The van der Waals surface area contributed by atoms with Gasteiger partial charge in [-0.25, -0.2) is 14.8 Å². The highest BCUT2D eigenvalue weighted by Crippen LogP contribution is 2.27. The van der Waals surface area contributed by atoms with Crippen LogP contribution in [-0.2, 0) is 4.74 Å². The maximum absolute atomic E-state index is 12.1. The van der Waals surface area contributed by atoms with Crippen molar-refractivity contribution in [2.24, 2.45) is 0 Å². The SMILES string of the molecule is CCOC(=O)c1cc(N2CCN(c3ccnc(C)n3)CC2)ccc1[N+](=O)[O-]. The maximum atomic E-state index is 12.1. The van der Waals surface area contributed by atoms with Gasteiger partial charge in [-0.1, -0.05) is 0 Å². The molecule has 27 heavy (non-hydrogen) atoms. The summed E-state index contributed by atoms with van der Waals surface area (Å²) >= 11 is 0. The highest BCUT2D eigenvalue weighted by atomic mass is 16.6. The number of hydrogen-bond acceptors (Lipinski definition) is 8. The molecule has 0 atom stereocenters. The van der Waals surface area contributed by atoms with Crippen LogP contribution < -0.4 is 9.80 Å². The molecular formula is C18H21N5O4. The van der Waals surface area contributed by atoms with Crippen LogP contribution in [0.15, 0.2) is 30.5 Å². The van der Waals surface area contributed by atoms with Crippen molar-refractivity contribution in [1.29, 1.82) is 0 Å². The molecule has 2 aromatic rings. The van der Waals surface area contributed by atoms with Crippen molar-refractivity contribution in [2.45, 2.75) is 13.8 Å². The van der Waals surface area contributed by atoms with Crippen LogP contribution in [0.3, 0.4) is 0 Å². The second-order valence-electron chi connectivity index (χ2n) is 6.12. The van der Waals surface area contributed by atoms with Gasteiger partial charge in [0.15, 0.2) is 0 Å². The van der Waals surface area contributed by atoms with E-state index in [2.05, 4.69) is 19.8 Å². The lowest BCUT2D eigenvalue weighted by molar-refractivity contribution is -0.385. The van der Waals surface area contributed by atoms with E-state index in [4.69, 9.17) is 4.74 Å². The standard InChI is InChI=1S/C18H21N5O4/c1-3-27-18(24)15-12-14(4-5-16(15)23(25)26)21-8-10-22(11-9-21)17-6-7-19-13(2)20-17/h4-7,12H,3,8-11H2,1-2H3. The number of esters is 1. The smallest absolute Gasteiger partial charge is 0.345 e. The Labute approximate surface area is 156 Å². The number of nitro groups is 1. The second-order valence-corrected chi connectivity index (χ2v) is 6.12. The summed E-state index contributed by atoms with van der Waals surface area (Å²) in [5.41, 5.74) is 0.502. The molecule has 9 heteroatoms. The molecule has 3 rings (SSSR count). The third-order valence-electron chi connectivity index (χ3n) is 4.40. The molecule has 142 valence electrons. The van der Waals surface area contributed by atoms with E-state index in [0.717, 1.165) is 30.4 Å². The number of nitrogens with zero attached hydrogens (tertiary/aromatic N) is 5. The van der Waals surface area contributed by atoms with Crippen LogP contribution >= 0.6 is 0 Å². The van der Waals surface area contributed by atoms with Gasteiger partial charge in [0.05, 0.1) is 11.5 Å². The normalized spacial score (nSPS) is 14.1. The molecule has 0 bridgehead atoms. The number of nitro benzene ring substituents is 1. The van der Waals surface area contributed by atoms with Crippen LogP contribution in [0.1, 0.15) is 23.1 Å². The molecule has 1 aliphatic heterocycles. The van der Waals surface area contributed by atoms with E-state index in [1.54, 1.807) is 25.3 Å². The zero-order valence-corrected chi connectivity index (χ0v) is 15.3. The number of carbonyl (C=O) groups excluding carboxylic acids is 1. The van der Waals surface area contributed by atoms with Gasteiger partial charge in [-0.05, 0) is 32.0 Å². The van der Waals surface area contributed by atoms with Crippen LogP contribution in [-0.4, -0.2) is 53.6 Å². The van der Waals surface area contributed by atoms with Crippen LogP contribution in [0, 0.1) is 17.0 Å². The number of rotatable bonds is 5. The van der Waals surface area contributed by atoms with Gasteiger partial charge in [-0.2, -0.15) is 0 Å². The number of ether oxygens (including phenoxy) is 1. The molecule has 2 heterocycles. The molecule has 1 aliphatic rings. The van der Waals surface area contributed by atoms with Crippen molar-refractivity contribution >= 4 is 23.2 Å². The largest absolute Gasteiger partial charge is 0.462 e. The summed E-state index contributed by atoms with van der Waals surface area (Å²) in [7, 11) is 0. The third-order valence-corrected chi connectivity index (χ3v) is 4.40. The molecule has 1 fully saturated rings. The summed E-state index contributed by atoms with van der Waals surface area (Å²) in [4.78, 5) is 35.6. The lowest BCUT2D eigenvalue weighted by Crippen LogP contribution is -2.47. The predicted octanol–water partition coefficient (Wildman–Crippen LogP) is 2.20. The molecular weight excluding hydrogens is 350 g/mol. The summed E-state index contributed by atoms with van der Waals surface area (Å²) in [6.07, 6.45) is 1.74. The van der Waals surface area contributed by atoms with Gasteiger partial charge in [0.25, 0.3) is 5.69 Å². The number of benzene rings is 1. The number of aromatic nitrogens is 2. The molecule has 0 spiro atoms. The molecule has 9 nitrogen and oxygen atoms in total. The number of hydrogen-bond donors (Lipinski definition) is 0. The van der Waals surface area contributed by atoms with Gasteiger partial charge in [0.1, 0.15) is 17.2 Å². The Bertz CT molecular complexity index is 849.